The van der Waals surface area contributed by atoms with Crippen LogP contribution in [0, 0.1) is 0 Å². The Morgan fingerprint density at radius 3 is 2.45 bits per heavy atom. The summed E-state index contributed by atoms with van der Waals surface area (Å²) >= 11 is 0. The van der Waals surface area contributed by atoms with Gasteiger partial charge in [-0.2, -0.15) is 0 Å². The van der Waals surface area contributed by atoms with Crippen molar-refractivity contribution < 1.29 is 0 Å². The van der Waals surface area contributed by atoms with E-state index in [9.17, 15) is 0 Å². The molecule has 3 nitrogen and oxygen atoms in total. The van der Waals surface area contributed by atoms with Gasteiger partial charge in [-0.1, -0.05) is 19.7 Å². The minimum absolute atomic E-state index is 0.567. The molecule has 0 bridgehead atoms. The van der Waals surface area contributed by atoms with Gasteiger partial charge in [-0.15, -0.1) is 0 Å². The fourth-order valence-corrected chi connectivity index (χ4v) is 0.496. The number of hydrogen-bond donors (Lipinski definition) is 3. The van der Waals surface area contributed by atoms with E-state index >= 15 is 0 Å². The molecule has 0 radical (unpaired) electrons. The van der Waals surface area contributed by atoms with Crippen molar-refractivity contribution in [3.63, 3.8) is 0 Å². The number of nitrogens with two attached hydrogens (primary N) is 1. The maximum atomic E-state index is 5.33. The number of nitrogens with one attached hydrogen (secondary N) is 2. The summed E-state index contributed by atoms with van der Waals surface area (Å²) in [6.07, 6.45) is 1.62. The highest BCUT2D eigenvalue weighted by Crippen LogP contribution is 1.81. The zero-order valence-electron chi connectivity index (χ0n) is 6.69. The first kappa shape index (κ1) is 9.62. The van der Waals surface area contributed by atoms with Gasteiger partial charge in [0, 0.05) is 11.4 Å². The molecule has 0 unspecified atom stereocenters. The van der Waals surface area contributed by atoms with Crippen molar-refractivity contribution in [3.8, 4) is 0 Å². The molecule has 0 heterocycles. The lowest BCUT2D eigenvalue weighted by atomic mass is 10.4. The van der Waals surface area contributed by atoms with Crippen LogP contribution in [0.15, 0.2) is 37.3 Å². The summed E-state index contributed by atoms with van der Waals surface area (Å²) in [7, 11) is 0. The monoisotopic (exact) mass is 153 g/mol. The first-order valence-corrected chi connectivity index (χ1v) is 3.36. The van der Waals surface area contributed by atoms with Crippen molar-refractivity contribution in [1.29, 1.82) is 0 Å². The summed E-state index contributed by atoms with van der Waals surface area (Å²) in [4.78, 5) is 0. The van der Waals surface area contributed by atoms with Crippen LogP contribution in [0.2, 0.25) is 0 Å². The van der Waals surface area contributed by atoms with E-state index in [2.05, 4.69) is 30.4 Å². The number of rotatable bonds is 6. The van der Waals surface area contributed by atoms with Crippen molar-refractivity contribution >= 4 is 0 Å². The molecular formula is C8H15N3. The minimum atomic E-state index is 0.567. The van der Waals surface area contributed by atoms with Gasteiger partial charge in [0.05, 0.1) is 13.1 Å². The lowest BCUT2D eigenvalue weighted by Crippen LogP contribution is -2.24. The summed E-state index contributed by atoms with van der Waals surface area (Å²) in [6.45, 7) is 12.0. The predicted molar refractivity (Wildman–Crippen MR) is 48.7 cm³/mol. The molecule has 0 aliphatic heterocycles. The van der Waals surface area contributed by atoms with Gasteiger partial charge in [0.2, 0.25) is 0 Å². The van der Waals surface area contributed by atoms with E-state index < -0.39 is 0 Å². The Kier molecular flexibility index (Phi) is 4.73. The largest absolute Gasteiger partial charge is 0.401 e. The summed E-state index contributed by atoms with van der Waals surface area (Å²) in [6, 6.07) is 0. The van der Waals surface area contributed by atoms with E-state index in [-0.39, 0.29) is 0 Å². The zero-order valence-corrected chi connectivity index (χ0v) is 6.69. The molecule has 0 amide bonds. The van der Waals surface area contributed by atoms with Gasteiger partial charge in [0.15, 0.2) is 0 Å². The quantitative estimate of drug-likeness (QED) is 0.514. The van der Waals surface area contributed by atoms with E-state index in [4.69, 9.17) is 5.73 Å². The molecule has 0 aromatic carbocycles. The van der Waals surface area contributed by atoms with Crippen LogP contribution in [0.4, 0.5) is 0 Å². The van der Waals surface area contributed by atoms with Crippen molar-refractivity contribution in [2.24, 2.45) is 5.73 Å². The summed E-state index contributed by atoms with van der Waals surface area (Å²) < 4.78 is 0. The van der Waals surface area contributed by atoms with E-state index in [1.165, 1.54) is 0 Å². The van der Waals surface area contributed by atoms with Gasteiger partial charge in [-0.25, -0.2) is 0 Å². The molecule has 0 atom stereocenters. The Morgan fingerprint density at radius 2 is 2.00 bits per heavy atom. The van der Waals surface area contributed by atoms with Crippen LogP contribution in [0.3, 0.4) is 0 Å². The molecule has 11 heavy (non-hydrogen) atoms. The molecule has 0 aliphatic rings. The molecule has 0 rings (SSSR count). The smallest absolute Gasteiger partial charge is 0.0537 e. The average molecular weight is 153 g/mol. The van der Waals surface area contributed by atoms with Gasteiger partial charge in [0.1, 0.15) is 0 Å². The molecule has 0 fully saturated rings. The highest BCUT2D eigenvalue weighted by atomic mass is 15.0. The van der Waals surface area contributed by atoms with Crippen LogP contribution in [0.1, 0.15) is 0 Å². The number of hydrogen-bond acceptors (Lipinski definition) is 3. The fourth-order valence-electron chi connectivity index (χ4n) is 0.496. The van der Waals surface area contributed by atoms with Gasteiger partial charge in [0.25, 0.3) is 0 Å². The highest BCUT2D eigenvalue weighted by Gasteiger charge is 1.89. The van der Waals surface area contributed by atoms with Crippen LogP contribution in [-0.2, 0) is 0 Å². The third kappa shape index (κ3) is 6.51. The molecule has 62 valence electrons. The molecule has 3 heteroatoms. The molecular weight excluding hydrogens is 138 g/mol. The summed E-state index contributed by atoms with van der Waals surface area (Å²) in [5.74, 6) is 0. The van der Waals surface area contributed by atoms with Crippen molar-refractivity contribution in [1.82, 2.24) is 10.6 Å². The van der Waals surface area contributed by atoms with Crippen molar-refractivity contribution in [2.75, 3.05) is 13.1 Å². The van der Waals surface area contributed by atoms with Gasteiger partial charge >= 0.3 is 0 Å². The van der Waals surface area contributed by atoms with Gasteiger partial charge in [-0.3, -0.25) is 0 Å². The van der Waals surface area contributed by atoms with Gasteiger partial charge < -0.3 is 16.4 Å². The molecule has 0 aromatic heterocycles. The van der Waals surface area contributed by atoms with Crippen molar-refractivity contribution in [2.45, 2.75) is 0 Å². The topological polar surface area (TPSA) is 50.1 Å². The zero-order chi connectivity index (χ0) is 8.69. The molecule has 0 spiro atoms. The first-order valence-electron chi connectivity index (χ1n) is 3.36. The lowest BCUT2D eigenvalue weighted by Gasteiger charge is -2.08. The van der Waals surface area contributed by atoms with E-state index in [0.717, 1.165) is 5.70 Å². The molecule has 0 aliphatic carbocycles. The normalized spacial score (nSPS) is 8.36. The Labute approximate surface area is 67.7 Å². The Balaban J connectivity index is 3.37. The second-order valence-electron chi connectivity index (χ2n) is 2.20. The van der Waals surface area contributed by atoms with Crippen LogP contribution < -0.4 is 16.4 Å². The van der Waals surface area contributed by atoms with Gasteiger partial charge in [-0.05, 0) is 6.20 Å². The van der Waals surface area contributed by atoms with Crippen LogP contribution in [0.5, 0.6) is 0 Å². The maximum absolute atomic E-state index is 5.33. The van der Waals surface area contributed by atoms with E-state index in [0.29, 0.717) is 18.8 Å². The standard InChI is InChI=1S/C8H15N3/c1-4-10-6-8(3)11-5-7(2)9/h4,10-11H,1-3,5-6,9H2. The van der Waals surface area contributed by atoms with Crippen molar-refractivity contribution in [3.05, 3.63) is 37.3 Å². The third-order valence-corrected chi connectivity index (χ3v) is 1.03. The Morgan fingerprint density at radius 1 is 1.36 bits per heavy atom. The molecule has 4 N–H and O–H groups in total. The van der Waals surface area contributed by atoms with Crippen LogP contribution in [0.25, 0.3) is 0 Å². The SMILES string of the molecule is C=CNCC(=C)NCC(=C)N. The van der Waals surface area contributed by atoms with Crippen LogP contribution >= 0.6 is 0 Å². The van der Waals surface area contributed by atoms with Crippen LogP contribution in [-0.4, -0.2) is 13.1 Å². The summed E-state index contributed by atoms with van der Waals surface area (Å²) in [5.41, 5.74) is 6.80. The summed E-state index contributed by atoms with van der Waals surface area (Å²) in [5, 5.41) is 5.89. The molecule has 0 saturated heterocycles. The average Bonchev–Trinajstić information content (AvgIpc) is 1.97. The lowest BCUT2D eigenvalue weighted by molar-refractivity contribution is 0.794. The molecule has 0 saturated carbocycles. The predicted octanol–water partition coefficient (Wildman–Crippen LogP) is 0.295. The van der Waals surface area contributed by atoms with E-state index in [1.807, 2.05) is 0 Å². The third-order valence-electron chi connectivity index (χ3n) is 1.03. The maximum Gasteiger partial charge on any atom is 0.0537 e. The Bertz CT molecular complexity index is 161. The molecule has 0 aromatic rings. The Hall–Kier alpha value is -1.38. The fraction of sp³-hybridized carbons (Fsp3) is 0.250. The second kappa shape index (κ2) is 5.41. The second-order valence-corrected chi connectivity index (χ2v) is 2.20. The first-order chi connectivity index (χ1) is 5.16. The highest BCUT2D eigenvalue weighted by molar-refractivity contribution is 5.00. The minimum Gasteiger partial charge on any atom is -0.401 e. The van der Waals surface area contributed by atoms with E-state index in [1.54, 1.807) is 6.20 Å².